The Kier molecular flexibility index (Phi) is 1.90. The summed E-state index contributed by atoms with van der Waals surface area (Å²) in [4.78, 5) is 22.9. The molecule has 65 valence electrons. The number of hydrogen-bond acceptors (Lipinski definition) is 4. The Labute approximate surface area is 69.2 Å². The fraction of sp³-hybridized carbons (Fsp3) is 0.333. The fourth-order valence-corrected chi connectivity index (χ4v) is 0.871. The maximum absolute atomic E-state index is 11.0. The van der Waals surface area contributed by atoms with E-state index in [1.54, 1.807) is 6.92 Å². The lowest BCUT2D eigenvalue weighted by atomic mass is 10.3. The lowest BCUT2D eigenvalue weighted by molar-refractivity contribution is -0.117. The van der Waals surface area contributed by atoms with Crippen molar-refractivity contribution < 1.29 is 9.59 Å². The molecule has 0 aromatic carbocycles. The molecular formula is C6H9N4O2. The van der Waals surface area contributed by atoms with Gasteiger partial charge >= 0.3 is 11.9 Å². The van der Waals surface area contributed by atoms with Gasteiger partial charge in [0.25, 0.3) is 0 Å². The largest absolute Gasteiger partial charge is 0.391 e. The molecule has 6 nitrogen and oxygen atoms in total. The third-order valence-electron chi connectivity index (χ3n) is 1.54. The van der Waals surface area contributed by atoms with Gasteiger partial charge in [-0.2, -0.15) is 5.32 Å². The van der Waals surface area contributed by atoms with Crippen LogP contribution in [0.1, 0.15) is 6.92 Å². The van der Waals surface area contributed by atoms with Crippen molar-refractivity contribution in [1.29, 1.82) is 0 Å². The van der Waals surface area contributed by atoms with Crippen LogP contribution in [0.4, 0.5) is 4.79 Å². The van der Waals surface area contributed by atoms with Crippen LogP contribution in [0.2, 0.25) is 0 Å². The van der Waals surface area contributed by atoms with E-state index in [0.717, 1.165) is 4.90 Å². The van der Waals surface area contributed by atoms with Crippen LogP contribution in [0.3, 0.4) is 0 Å². The van der Waals surface area contributed by atoms with Crippen molar-refractivity contribution in [1.82, 2.24) is 10.2 Å². The van der Waals surface area contributed by atoms with Crippen molar-refractivity contribution in [3.05, 3.63) is 11.5 Å². The van der Waals surface area contributed by atoms with Crippen molar-refractivity contribution in [2.75, 3.05) is 6.54 Å². The van der Waals surface area contributed by atoms with E-state index in [4.69, 9.17) is 11.5 Å². The van der Waals surface area contributed by atoms with E-state index in [1.807, 2.05) is 0 Å². The van der Waals surface area contributed by atoms with Gasteiger partial charge in [-0.1, -0.05) is 0 Å². The van der Waals surface area contributed by atoms with Crippen LogP contribution in [0, 0.1) is 0 Å². The van der Waals surface area contributed by atoms with E-state index < -0.39 is 11.9 Å². The molecule has 0 unspecified atom stereocenters. The predicted molar refractivity (Wildman–Crippen MR) is 40.3 cm³/mol. The standard InChI is InChI=1S/C6H9N4O2/c1-2-10-4(8)3(7)5(11)9-6(10)12/h2,7-8H2,1H3. The van der Waals surface area contributed by atoms with Gasteiger partial charge in [0, 0.05) is 6.54 Å². The van der Waals surface area contributed by atoms with E-state index in [-0.39, 0.29) is 11.5 Å². The zero-order chi connectivity index (χ0) is 9.30. The number of nitrogens with two attached hydrogens (primary N) is 2. The second kappa shape index (κ2) is 2.72. The number of carbonyl (C=O) groups excluding carboxylic acids is 2. The Morgan fingerprint density at radius 1 is 1.42 bits per heavy atom. The van der Waals surface area contributed by atoms with Gasteiger partial charge in [-0.05, 0) is 6.92 Å². The number of hydrogen-bond donors (Lipinski definition) is 2. The molecule has 4 N–H and O–H groups in total. The molecule has 0 saturated carbocycles. The SMILES string of the molecule is CCN1C(=O)[N]C(=O)C(N)=C1N. The normalized spacial score (nSPS) is 18.2. The Hall–Kier alpha value is -1.72. The van der Waals surface area contributed by atoms with Gasteiger partial charge in [-0.3, -0.25) is 9.69 Å². The second-order valence-corrected chi connectivity index (χ2v) is 2.24. The molecule has 1 rings (SSSR count). The van der Waals surface area contributed by atoms with Gasteiger partial charge in [0.05, 0.1) is 0 Å². The van der Waals surface area contributed by atoms with Crippen molar-refractivity contribution >= 4 is 11.9 Å². The maximum atomic E-state index is 11.0. The third kappa shape index (κ3) is 1.07. The molecule has 1 heterocycles. The lowest BCUT2D eigenvalue weighted by Crippen LogP contribution is -2.48. The first kappa shape index (κ1) is 8.38. The Bertz CT molecular complexity index is 271. The number of urea groups is 1. The highest BCUT2D eigenvalue weighted by Gasteiger charge is 2.29. The molecule has 1 radical (unpaired) electrons. The summed E-state index contributed by atoms with van der Waals surface area (Å²) < 4.78 is 0. The Morgan fingerprint density at radius 3 is 2.50 bits per heavy atom. The molecule has 0 fully saturated rings. The summed E-state index contributed by atoms with van der Waals surface area (Å²) >= 11 is 0. The van der Waals surface area contributed by atoms with Crippen molar-refractivity contribution in [2.24, 2.45) is 11.5 Å². The minimum Gasteiger partial charge on any atom is -0.391 e. The molecule has 12 heavy (non-hydrogen) atoms. The van der Waals surface area contributed by atoms with Crippen LogP contribution in [0.15, 0.2) is 11.5 Å². The lowest BCUT2D eigenvalue weighted by Gasteiger charge is -2.24. The van der Waals surface area contributed by atoms with Gasteiger partial charge in [-0.15, -0.1) is 0 Å². The summed E-state index contributed by atoms with van der Waals surface area (Å²) in [7, 11) is 0. The first-order chi connectivity index (χ1) is 5.57. The topological polar surface area (TPSA) is 104 Å². The average molecular weight is 169 g/mol. The summed E-state index contributed by atoms with van der Waals surface area (Å²) in [5.74, 6) is -0.773. The van der Waals surface area contributed by atoms with Gasteiger partial charge < -0.3 is 11.5 Å². The summed E-state index contributed by atoms with van der Waals surface area (Å²) in [5, 5.41) is 3.15. The molecule has 0 saturated heterocycles. The van der Waals surface area contributed by atoms with Crippen LogP contribution in [-0.2, 0) is 4.79 Å². The Balaban J connectivity index is 3.05. The maximum Gasteiger partial charge on any atom is 0.352 e. The first-order valence-corrected chi connectivity index (χ1v) is 3.40. The van der Waals surface area contributed by atoms with Crippen molar-refractivity contribution in [3.63, 3.8) is 0 Å². The number of nitrogens with zero attached hydrogens (tertiary/aromatic N) is 2. The average Bonchev–Trinajstić information content (AvgIpc) is 2.01. The zero-order valence-corrected chi connectivity index (χ0v) is 6.57. The van der Waals surface area contributed by atoms with Crippen LogP contribution in [0.5, 0.6) is 0 Å². The van der Waals surface area contributed by atoms with Gasteiger partial charge in [0.2, 0.25) is 0 Å². The highest BCUT2D eigenvalue weighted by atomic mass is 16.2. The molecule has 1 aliphatic rings. The van der Waals surface area contributed by atoms with Crippen molar-refractivity contribution in [2.45, 2.75) is 6.92 Å². The predicted octanol–water partition coefficient (Wildman–Crippen LogP) is -1.34. The highest BCUT2D eigenvalue weighted by Crippen LogP contribution is 2.07. The molecule has 0 atom stereocenters. The smallest absolute Gasteiger partial charge is 0.352 e. The number of amides is 3. The molecule has 1 aliphatic heterocycles. The summed E-state index contributed by atoms with van der Waals surface area (Å²) in [6, 6.07) is -0.658. The summed E-state index contributed by atoms with van der Waals surface area (Å²) in [6.45, 7) is 2.06. The van der Waals surface area contributed by atoms with Crippen LogP contribution >= 0.6 is 0 Å². The van der Waals surface area contributed by atoms with Gasteiger partial charge in [0.15, 0.2) is 0 Å². The Morgan fingerprint density at radius 2 is 2.00 bits per heavy atom. The molecule has 0 spiro atoms. The quantitative estimate of drug-likeness (QED) is 0.506. The minimum absolute atomic E-state index is 0.0116. The van der Waals surface area contributed by atoms with E-state index in [2.05, 4.69) is 5.32 Å². The third-order valence-corrected chi connectivity index (χ3v) is 1.54. The number of rotatable bonds is 1. The molecule has 0 aromatic rings. The fourth-order valence-electron chi connectivity index (χ4n) is 0.871. The molecular weight excluding hydrogens is 160 g/mol. The monoisotopic (exact) mass is 169 g/mol. The van der Waals surface area contributed by atoms with Crippen molar-refractivity contribution in [3.8, 4) is 0 Å². The van der Waals surface area contributed by atoms with E-state index >= 15 is 0 Å². The number of carbonyl (C=O) groups is 2. The van der Waals surface area contributed by atoms with Crippen LogP contribution < -0.4 is 16.8 Å². The minimum atomic E-state index is -0.762. The zero-order valence-electron chi connectivity index (χ0n) is 6.57. The van der Waals surface area contributed by atoms with E-state index in [9.17, 15) is 9.59 Å². The molecule has 3 amide bonds. The summed E-state index contributed by atoms with van der Waals surface area (Å²) in [5.41, 5.74) is 10.5. The second-order valence-electron chi connectivity index (χ2n) is 2.24. The summed E-state index contributed by atoms with van der Waals surface area (Å²) in [6.07, 6.45) is 0. The van der Waals surface area contributed by atoms with E-state index in [0.29, 0.717) is 6.54 Å². The van der Waals surface area contributed by atoms with Crippen LogP contribution in [0.25, 0.3) is 0 Å². The molecule has 0 aromatic heterocycles. The van der Waals surface area contributed by atoms with Crippen LogP contribution in [-0.4, -0.2) is 23.4 Å². The molecule has 6 heteroatoms. The number of imide groups is 1. The highest BCUT2D eigenvalue weighted by molar-refractivity contribution is 6.06. The molecule has 0 aliphatic carbocycles. The van der Waals surface area contributed by atoms with Gasteiger partial charge in [-0.25, -0.2) is 4.79 Å². The first-order valence-electron chi connectivity index (χ1n) is 3.40. The molecule has 0 bridgehead atoms. The van der Waals surface area contributed by atoms with E-state index in [1.165, 1.54) is 0 Å². The van der Waals surface area contributed by atoms with Gasteiger partial charge in [0.1, 0.15) is 11.5 Å².